The van der Waals surface area contributed by atoms with E-state index in [1.807, 2.05) is 37.3 Å². The van der Waals surface area contributed by atoms with E-state index in [1.54, 1.807) is 23.7 Å². The van der Waals surface area contributed by atoms with E-state index in [0.717, 1.165) is 29.1 Å². The number of pyridine rings is 1. The van der Waals surface area contributed by atoms with Gasteiger partial charge in [-0.25, -0.2) is 23.2 Å². The molecule has 0 unspecified atom stereocenters. The standard InChI is InChI=1S/C33H36F2N6O3.CH4O3S/c1-20-9-11-22(12-10-20)41-28(19-27(39-41)33(3,4)5)38-32(43)37-26-13-14-29(36-21(26)2)44-23-15-17-40(18-16-23)31(42)30-24(34)7-6-8-25(30)35;1-5(2,3)4/h6-14,19,23H,15-18H2,1-5H3,(H2,37,38,43);1H3,(H,2,3,4). The lowest BCUT2D eigenvalue weighted by atomic mass is 9.92. The van der Waals surface area contributed by atoms with Gasteiger partial charge in [0.05, 0.1) is 29.0 Å². The summed E-state index contributed by atoms with van der Waals surface area (Å²) in [5.74, 6) is -1.50. The molecule has 0 atom stereocenters. The summed E-state index contributed by atoms with van der Waals surface area (Å²) in [5.41, 5.74) is 3.10. The normalized spacial score (nSPS) is 13.7. The molecule has 0 saturated carbocycles. The number of nitrogens with zero attached hydrogens (tertiary/aromatic N) is 4. The van der Waals surface area contributed by atoms with Crippen LogP contribution in [0.3, 0.4) is 0 Å². The average Bonchev–Trinajstić information content (AvgIpc) is 3.42. The Balaban J connectivity index is 0.00000101. The molecule has 0 aliphatic carbocycles. The molecular formula is C34H40F2N6O6S. The molecule has 1 fully saturated rings. The van der Waals surface area contributed by atoms with Gasteiger partial charge in [0.15, 0.2) is 0 Å². The summed E-state index contributed by atoms with van der Waals surface area (Å²) in [6.45, 7) is 10.6. The molecule has 3 N–H and O–H groups in total. The summed E-state index contributed by atoms with van der Waals surface area (Å²) in [7, 11) is -3.67. The quantitative estimate of drug-likeness (QED) is 0.199. The monoisotopic (exact) mass is 698 g/mol. The molecule has 0 bridgehead atoms. The van der Waals surface area contributed by atoms with Gasteiger partial charge >= 0.3 is 6.03 Å². The van der Waals surface area contributed by atoms with Crippen molar-refractivity contribution in [3.8, 4) is 11.6 Å². The highest BCUT2D eigenvalue weighted by molar-refractivity contribution is 7.85. The minimum Gasteiger partial charge on any atom is -0.474 e. The first-order valence-corrected chi connectivity index (χ1v) is 17.3. The van der Waals surface area contributed by atoms with Crippen LogP contribution in [0.2, 0.25) is 0 Å². The molecule has 0 radical (unpaired) electrons. The number of benzene rings is 2. The highest BCUT2D eigenvalue weighted by atomic mass is 32.2. The number of anilines is 2. The van der Waals surface area contributed by atoms with Gasteiger partial charge in [-0.2, -0.15) is 13.5 Å². The van der Waals surface area contributed by atoms with E-state index < -0.39 is 39.3 Å². The predicted molar refractivity (Wildman–Crippen MR) is 182 cm³/mol. The highest BCUT2D eigenvalue weighted by Crippen LogP contribution is 2.27. The Morgan fingerprint density at radius 3 is 2.10 bits per heavy atom. The number of amides is 3. The van der Waals surface area contributed by atoms with E-state index >= 15 is 0 Å². The summed E-state index contributed by atoms with van der Waals surface area (Å²) in [6.07, 6.45) is 1.46. The van der Waals surface area contributed by atoms with Crippen LogP contribution < -0.4 is 15.4 Å². The number of carbonyl (C=O) groups excluding carboxylic acids is 2. The van der Waals surface area contributed by atoms with Crippen LogP contribution >= 0.6 is 0 Å². The number of rotatable bonds is 6. The number of likely N-dealkylation sites (tertiary alicyclic amines) is 1. The molecule has 1 saturated heterocycles. The summed E-state index contributed by atoms with van der Waals surface area (Å²) in [4.78, 5) is 31.7. The third-order valence-corrected chi connectivity index (χ3v) is 7.50. The number of carbonyl (C=O) groups is 2. The number of hydrogen-bond acceptors (Lipinski definition) is 7. The predicted octanol–water partition coefficient (Wildman–Crippen LogP) is 6.29. The first-order valence-electron chi connectivity index (χ1n) is 15.4. The van der Waals surface area contributed by atoms with Crippen molar-refractivity contribution in [2.45, 2.75) is 59.0 Å². The molecule has 5 rings (SSSR count). The molecule has 3 heterocycles. The molecule has 49 heavy (non-hydrogen) atoms. The molecule has 1 aliphatic heterocycles. The molecule has 1 aliphatic rings. The largest absolute Gasteiger partial charge is 0.474 e. The van der Waals surface area contributed by atoms with Crippen LogP contribution in [0, 0.1) is 25.5 Å². The Morgan fingerprint density at radius 2 is 1.55 bits per heavy atom. The Bertz CT molecular complexity index is 1890. The molecular weight excluding hydrogens is 658 g/mol. The lowest BCUT2D eigenvalue weighted by molar-refractivity contribution is 0.0579. The minimum atomic E-state index is -3.67. The Hall–Kier alpha value is -4.89. The zero-order valence-corrected chi connectivity index (χ0v) is 28.9. The number of ether oxygens (including phenoxy) is 1. The van der Waals surface area contributed by atoms with Crippen LogP contribution in [0.25, 0.3) is 5.69 Å². The maximum Gasteiger partial charge on any atom is 0.324 e. The van der Waals surface area contributed by atoms with Crippen LogP contribution in [0.4, 0.5) is 25.1 Å². The number of aryl methyl sites for hydroxylation is 2. The highest BCUT2D eigenvalue weighted by Gasteiger charge is 2.28. The fraction of sp³-hybridized carbons (Fsp3) is 0.353. The van der Waals surface area contributed by atoms with Crippen molar-refractivity contribution in [3.05, 3.63) is 94.8 Å². The van der Waals surface area contributed by atoms with Gasteiger partial charge in [-0.3, -0.25) is 14.7 Å². The Labute approximate surface area is 284 Å². The first kappa shape index (κ1) is 36.9. The minimum absolute atomic E-state index is 0.219. The maximum absolute atomic E-state index is 14.1. The first-order chi connectivity index (χ1) is 22.9. The Morgan fingerprint density at radius 1 is 0.959 bits per heavy atom. The number of aromatic nitrogens is 3. The summed E-state index contributed by atoms with van der Waals surface area (Å²) in [5, 5.41) is 10.5. The molecule has 3 amide bonds. The molecule has 2 aromatic carbocycles. The summed E-state index contributed by atoms with van der Waals surface area (Å²) in [6, 6.07) is 16.1. The van der Waals surface area contributed by atoms with Crippen LogP contribution in [0.5, 0.6) is 5.88 Å². The average molecular weight is 699 g/mol. The van der Waals surface area contributed by atoms with Gasteiger partial charge in [0.2, 0.25) is 5.88 Å². The lowest BCUT2D eigenvalue weighted by Crippen LogP contribution is -2.42. The van der Waals surface area contributed by atoms with Gasteiger partial charge in [0, 0.05) is 43.5 Å². The topological polar surface area (TPSA) is 156 Å². The number of piperidine rings is 1. The van der Waals surface area contributed by atoms with Crippen molar-refractivity contribution < 1.29 is 36.1 Å². The Kier molecular flexibility index (Phi) is 11.4. The van der Waals surface area contributed by atoms with Crippen LogP contribution in [0.1, 0.15) is 60.9 Å². The SMILES string of the molecule is CS(=O)(=O)O.Cc1ccc(-n2nc(C(C)(C)C)cc2NC(=O)Nc2ccc(OC3CCN(C(=O)c4c(F)cccc4F)CC3)nc2C)cc1. The van der Waals surface area contributed by atoms with Crippen molar-refractivity contribution in [3.63, 3.8) is 0 Å². The fourth-order valence-corrected chi connectivity index (χ4v) is 4.93. The second-order valence-electron chi connectivity index (χ2n) is 12.7. The van der Waals surface area contributed by atoms with E-state index in [2.05, 4.69) is 36.4 Å². The third-order valence-electron chi connectivity index (χ3n) is 7.50. The molecule has 4 aromatic rings. The molecule has 2 aromatic heterocycles. The van der Waals surface area contributed by atoms with Gasteiger partial charge in [-0.1, -0.05) is 44.5 Å². The van der Waals surface area contributed by atoms with Crippen molar-refractivity contribution in [1.29, 1.82) is 0 Å². The molecule has 262 valence electrons. The smallest absolute Gasteiger partial charge is 0.324 e. The van der Waals surface area contributed by atoms with Crippen molar-refractivity contribution in [2.24, 2.45) is 0 Å². The van der Waals surface area contributed by atoms with Crippen molar-refractivity contribution in [2.75, 3.05) is 30.0 Å². The van der Waals surface area contributed by atoms with Crippen molar-refractivity contribution in [1.82, 2.24) is 19.7 Å². The van der Waals surface area contributed by atoms with Crippen LogP contribution in [0.15, 0.2) is 60.7 Å². The summed E-state index contributed by atoms with van der Waals surface area (Å²) < 4.78 is 61.8. The van der Waals surface area contributed by atoms with E-state index in [-0.39, 0.29) is 11.5 Å². The molecule has 0 spiro atoms. The second-order valence-corrected chi connectivity index (χ2v) is 14.2. The van der Waals surface area contributed by atoms with Crippen LogP contribution in [-0.4, -0.2) is 70.0 Å². The second kappa shape index (κ2) is 15.1. The van der Waals surface area contributed by atoms with Gasteiger partial charge in [0.25, 0.3) is 16.0 Å². The van der Waals surface area contributed by atoms with Crippen molar-refractivity contribution >= 4 is 33.6 Å². The van der Waals surface area contributed by atoms with Gasteiger partial charge in [0.1, 0.15) is 29.1 Å². The van der Waals surface area contributed by atoms with Crippen LogP contribution in [-0.2, 0) is 15.5 Å². The number of urea groups is 1. The van der Waals surface area contributed by atoms with Gasteiger partial charge in [-0.15, -0.1) is 0 Å². The van der Waals surface area contributed by atoms with E-state index in [1.165, 1.54) is 11.0 Å². The van der Waals surface area contributed by atoms with Gasteiger partial charge < -0.3 is 15.0 Å². The molecule has 15 heteroatoms. The molecule has 12 nitrogen and oxygen atoms in total. The number of nitrogens with one attached hydrogen (secondary N) is 2. The van der Waals surface area contributed by atoms with E-state index in [4.69, 9.17) is 14.4 Å². The zero-order chi connectivity index (χ0) is 36.1. The lowest BCUT2D eigenvalue weighted by Gasteiger charge is -2.32. The number of halogens is 2. The fourth-order valence-electron chi connectivity index (χ4n) is 4.93. The van der Waals surface area contributed by atoms with Gasteiger partial charge in [-0.05, 0) is 44.2 Å². The summed E-state index contributed by atoms with van der Waals surface area (Å²) >= 11 is 0. The van der Waals surface area contributed by atoms with E-state index in [9.17, 15) is 26.8 Å². The van der Waals surface area contributed by atoms with E-state index in [0.29, 0.717) is 55.3 Å². The maximum atomic E-state index is 14.1. The third kappa shape index (κ3) is 10.3. The number of hydrogen-bond donors (Lipinski definition) is 3. The zero-order valence-electron chi connectivity index (χ0n) is 28.1.